The topological polar surface area (TPSA) is 38.3 Å². The van der Waals surface area contributed by atoms with E-state index in [9.17, 15) is 9.18 Å². The summed E-state index contributed by atoms with van der Waals surface area (Å²) in [7, 11) is 0. The summed E-state index contributed by atoms with van der Waals surface area (Å²) in [4.78, 5) is 12.2. The summed E-state index contributed by atoms with van der Waals surface area (Å²) in [6.45, 7) is 7.06. The Morgan fingerprint density at radius 2 is 2.19 bits per heavy atom. The molecule has 3 nitrogen and oxygen atoms in total. The van der Waals surface area contributed by atoms with E-state index in [1.54, 1.807) is 6.07 Å². The van der Waals surface area contributed by atoms with E-state index in [-0.39, 0.29) is 16.9 Å². The maximum atomic E-state index is 13.7. The molecule has 1 aliphatic rings. The highest BCUT2D eigenvalue weighted by atomic mass is 35.5. The molecule has 1 heterocycles. The number of carbonyl (C=O) groups excluding carboxylic acids is 1. The van der Waals surface area contributed by atoms with Crippen molar-refractivity contribution < 1.29 is 13.9 Å². The molecule has 21 heavy (non-hydrogen) atoms. The number of nitrogens with one attached hydrogen (secondary N) is 1. The Kier molecular flexibility index (Phi) is 4.89. The van der Waals surface area contributed by atoms with E-state index in [1.165, 1.54) is 12.1 Å². The summed E-state index contributed by atoms with van der Waals surface area (Å²) in [5.41, 5.74) is 0.0677. The first-order chi connectivity index (χ1) is 9.79. The second-order valence-corrected chi connectivity index (χ2v) is 6.91. The van der Waals surface area contributed by atoms with Crippen LogP contribution in [0.5, 0.6) is 0 Å². The van der Waals surface area contributed by atoms with Crippen LogP contribution in [0.2, 0.25) is 5.02 Å². The molecule has 0 amide bonds. The zero-order valence-corrected chi connectivity index (χ0v) is 13.3. The van der Waals surface area contributed by atoms with Crippen LogP contribution in [0.4, 0.5) is 4.39 Å². The van der Waals surface area contributed by atoms with Crippen LogP contribution in [0.3, 0.4) is 0 Å². The van der Waals surface area contributed by atoms with Crippen molar-refractivity contribution in [3.8, 4) is 0 Å². The molecule has 1 aliphatic heterocycles. The van der Waals surface area contributed by atoms with Crippen molar-refractivity contribution in [3.63, 3.8) is 0 Å². The number of rotatable bonds is 3. The van der Waals surface area contributed by atoms with Crippen LogP contribution in [0, 0.1) is 17.2 Å². The van der Waals surface area contributed by atoms with Crippen molar-refractivity contribution in [2.45, 2.75) is 33.3 Å². The van der Waals surface area contributed by atoms with Crippen LogP contribution in [0.15, 0.2) is 18.2 Å². The molecule has 1 aromatic carbocycles. The van der Waals surface area contributed by atoms with Gasteiger partial charge in [-0.3, -0.25) is 4.79 Å². The molecular weight excluding hydrogens is 293 g/mol. The largest absolute Gasteiger partial charge is 0.457 e. The van der Waals surface area contributed by atoms with Crippen molar-refractivity contribution >= 4 is 17.6 Å². The fourth-order valence-electron chi connectivity index (χ4n) is 2.35. The lowest BCUT2D eigenvalue weighted by Crippen LogP contribution is -2.29. The molecule has 1 fully saturated rings. The molecule has 0 saturated carbocycles. The van der Waals surface area contributed by atoms with Gasteiger partial charge in [0.1, 0.15) is 11.9 Å². The molecule has 1 N–H and O–H groups in total. The maximum Gasteiger partial charge on any atom is 0.311 e. The first-order valence-electron chi connectivity index (χ1n) is 7.16. The number of hydrogen-bond acceptors (Lipinski definition) is 3. The van der Waals surface area contributed by atoms with E-state index < -0.39 is 17.3 Å². The van der Waals surface area contributed by atoms with Crippen molar-refractivity contribution in [2.75, 3.05) is 13.1 Å². The van der Waals surface area contributed by atoms with Crippen LogP contribution in [-0.2, 0) is 9.53 Å². The zero-order chi connectivity index (χ0) is 15.6. The molecule has 0 bridgehead atoms. The van der Waals surface area contributed by atoms with E-state index in [1.807, 2.05) is 20.8 Å². The Hall–Kier alpha value is -1.13. The first-order valence-corrected chi connectivity index (χ1v) is 7.53. The molecule has 0 radical (unpaired) electrons. The van der Waals surface area contributed by atoms with Gasteiger partial charge in [0.05, 0.1) is 10.4 Å². The minimum atomic E-state index is -0.588. The molecule has 2 atom stereocenters. The molecule has 2 rings (SSSR count). The van der Waals surface area contributed by atoms with Gasteiger partial charge in [-0.15, -0.1) is 0 Å². The van der Waals surface area contributed by atoms with Gasteiger partial charge in [0.25, 0.3) is 0 Å². The van der Waals surface area contributed by atoms with E-state index in [0.29, 0.717) is 5.56 Å². The third-order valence-corrected chi connectivity index (χ3v) is 3.95. The fraction of sp³-hybridized carbons (Fsp3) is 0.562. The Morgan fingerprint density at radius 3 is 2.71 bits per heavy atom. The summed E-state index contributed by atoms with van der Waals surface area (Å²) < 4.78 is 19.4. The van der Waals surface area contributed by atoms with Gasteiger partial charge in [-0.1, -0.05) is 17.7 Å². The van der Waals surface area contributed by atoms with Gasteiger partial charge in [0.15, 0.2) is 0 Å². The lowest BCUT2D eigenvalue weighted by atomic mass is 9.93. The van der Waals surface area contributed by atoms with Gasteiger partial charge in [0, 0.05) is 12.5 Å². The van der Waals surface area contributed by atoms with Crippen LogP contribution in [0.1, 0.15) is 38.9 Å². The van der Waals surface area contributed by atoms with Crippen molar-refractivity contribution in [3.05, 3.63) is 34.6 Å². The van der Waals surface area contributed by atoms with Gasteiger partial charge < -0.3 is 10.1 Å². The zero-order valence-electron chi connectivity index (χ0n) is 12.6. The number of carbonyl (C=O) groups is 1. The average Bonchev–Trinajstić information content (AvgIpc) is 2.91. The van der Waals surface area contributed by atoms with E-state index in [2.05, 4.69) is 5.32 Å². The smallest absolute Gasteiger partial charge is 0.311 e. The molecule has 116 valence electrons. The van der Waals surface area contributed by atoms with Crippen LogP contribution in [-0.4, -0.2) is 19.1 Å². The van der Waals surface area contributed by atoms with Crippen LogP contribution < -0.4 is 5.32 Å². The van der Waals surface area contributed by atoms with E-state index in [4.69, 9.17) is 16.3 Å². The highest BCUT2D eigenvalue weighted by molar-refractivity contribution is 6.30. The molecule has 1 unspecified atom stereocenters. The molecule has 0 aromatic heterocycles. The molecule has 5 heteroatoms. The molecule has 0 aliphatic carbocycles. The molecule has 0 spiro atoms. The molecular formula is C16H21ClFNO2. The van der Waals surface area contributed by atoms with Crippen LogP contribution >= 0.6 is 11.6 Å². The number of halogens is 2. The summed E-state index contributed by atoms with van der Waals surface area (Å²) in [5.74, 6) is -0.622. The third-order valence-electron chi connectivity index (χ3n) is 3.65. The second-order valence-electron chi connectivity index (χ2n) is 6.50. The minimum Gasteiger partial charge on any atom is -0.457 e. The monoisotopic (exact) mass is 313 g/mol. The number of ether oxygens (including phenoxy) is 1. The summed E-state index contributed by atoms with van der Waals surface area (Å²) in [6.07, 6.45) is 0.449. The standard InChI is InChI=1S/C16H21ClFNO2/c1-16(2,3)15(20)21-14(11-6-7-19-9-11)10-4-5-12(17)13(18)8-10/h4-5,8,11,14,19H,6-7,9H2,1-3H3/t11-,14?/m1/s1. The van der Waals surface area contributed by atoms with E-state index in [0.717, 1.165) is 19.5 Å². The fourth-order valence-corrected chi connectivity index (χ4v) is 2.47. The Morgan fingerprint density at radius 1 is 1.48 bits per heavy atom. The SMILES string of the molecule is CC(C)(C)C(=O)OC(c1ccc(Cl)c(F)c1)[C@@H]1CCNC1. The molecule has 1 aromatic rings. The van der Waals surface area contributed by atoms with Gasteiger partial charge in [-0.25, -0.2) is 4.39 Å². The lowest BCUT2D eigenvalue weighted by molar-refractivity contribution is -0.161. The van der Waals surface area contributed by atoms with Crippen LogP contribution in [0.25, 0.3) is 0 Å². The van der Waals surface area contributed by atoms with Crippen molar-refractivity contribution in [1.82, 2.24) is 5.32 Å². The van der Waals surface area contributed by atoms with Gasteiger partial charge in [0.2, 0.25) is 0 Å². The maximum absolute atomic E-state index is 13.7. The van der Waals surface area contributed by atoms with Gasteiger partial charge >= 0.3 is 5.97 Å². The third kappa shape index (κ3) is 3.95. The van der Waals surface area contributed by atoms with Crippen molar-refractivity contribution in [2.24, 2.45) is 11.3 Å². The highest BCUT2D eigenvalue weighted by Gasteiger charge is 2.33. The lowest BCUT2D eigenvalue weighted by Gasteiger charge is -2.27. The Bertz CT molecular complexity index is 521. The normalized spacial score (nSPS) is 20.3. The Balaban J connectivity index is 2.27. The predicted octanol–water partition coefficient (Wildman–Crippen LogP) is 3.72. The summed E-state index contributed by atoms with van der Waals surface area (Å²) in [6, 6.07) is 4.60. The predicted molar refractivity (Wildman–Crippen MR) is 80.7 cm³/mol. The van der Waals surface area contributed by atoms with Gasteiger partial charge in [-0.05, 0) is 51.4 Å². The Labute approximate surface area is 129 Å². The number of hydrogen-bond donors (Lipinski definition) is 1. The quantitative estimate of drug-likeness (QED) is 0.864. The average molecular weight is 314 g/mol. The number of benzene rings is 1. The van der Waals surface area contributed by atoms with Crippen molar-refractivity contribution in [1.29, 1.82) is 0 Å². The second kappa shape index (κ2) is 6.32. The van der Waals surface area contributed by atoms with E-state index >= 15 is 0 Å². The van der Waals surface area contributed by atoms with Gasteiger partial charge in [-0.2, -0.15) is 0 Å². The minimum absolute atomic E-state index is 0.0733. The number of esters is 1. The molecule has 1 saturated heterocycles. The highest BCUT2D eigenvalue weighted by Crippen LogP contribution is 2.34. The first kappa shape index (κ1) is 16.2. The summed E-state index contributed by atoms with van der Waals surface area (Å²) in [5, 5.41) is 3.32. The summed E-state index contributed by atoms with van der Waals surface area (Å²) >= 11 is 5.73.